The van der Waals surface area contributed by atoms with Gasteiger partial charge in [0, 0.05) is 32.7 Å². The standard InChI is InChI=1S/C18H25F3N2O2/c1-14(2)13-25-17(24)23-8-4-7-22(9-10-23)12-15-5-3-6-16(11-15)18(19,20)21/h3,5-6,11,14H,4,7-10,12-13H2,1-2H3. The lowest BCUT2D eigenvalue weighted by atomic mass is 10.1. The number of carbonyl (C=O) groups excluding carboxylic acids is 1. The highest BCUT2D eigenvalue weighted by molar-refractivity contribution is 5.67. The average molecular weight is 358 g/mol. The average Bonchev–Trinajstić information content (AvgIpc) is 2.78. The lowest BCUT2D eigenvalue weighted by molar-refractivity contribution is -0.137. The van der Waals surface area contributed by atoms with Crippen LogP contribution in [0, 0.1) is 5.92 Å². The number of carbonyl (C=O) groups is 1. The van der Waals surface area contributed by atoms with Crippen molar-refractivity contribution in [3.05, 3.63) is 35.4 Å². The zero-order valence-electron chi connectivity index (χ0n) is 14.7. The molecule has 1 saturated heterocycles. The first kappa shape index (κ1) is 19.6. The minimum absolute atomic E-state index is 0.285. The topological polar surface area (TPSA) is 32.8 Å². The van der Waals surface area contributed by atoms with Gasteiger partial charge in [0.05, 0.1) is 12.2 Å². The van der Waals surface area contributed by atoms with Crippen molar-refractivity contribution in [3.8, 4) is 0 Å². The molecule has 1 aliphatic heterocycles. The Balaban J connectivity index is 1.90. The number of alkyl halides is 3. The Bertz CT molecular complexity index is 576. The first-order valence-electron chi connectivity index (χ1n) is 8.56. The van der Waals surface area contributed by atoms with E-state index in [1.54, 1.807) is 11.0 Å². The van der Waals surface area contributed by atoms with E-state index in [-0.39, 0.29) is 12.0 Å². The van der Waals surface area contributed by atoms with Crippen LogP contribution in [-0.4, -0.2) is 48.7 Å². The number of benzene rings is 1. The van der Waals surface area contributed by atoms with Gasteiger partial charge in [0.2, 0.25) is 0 Å². The van der Waals surface area contributed by atoms with Crippen LogP contribution in [0.15, 0.2) is 24.3 Å². The summed E-state index contributed by atoms with van der Waals surface area (Å²) in [6.07, 6.45) is -3.86. The first-order valence-corrected chi connectivity index (χ1v) is 8.56. The maximum Gasteiger partial charge on any atom is 0.416 e. The van der Waals surface area contributed by atoms with Crippen LogP contribution in [-0.2, 0) is 17.5 Å². The van der Waals surface area contributed by atoms with Gasteiger partial charge in [-0.2, -0.15) is 13.2 Å². The second kappa shape index (κ2) is 8.56. The minimum atomic E-state index is -4.33. The Labute approximate surface area is 146 Å². The Morgan fingerprint density at radius 2 is 1.96 bits per heavy atom. The van der Waals surface area contributed by atoms with Crippen LogP contribution in [0.2, 0.25) is 0 Å². The van der Waals surface area contributed by atoms with E-state index in [4.69, 9.17) is 4.74 Å². The highest BCUT2D eigenvalue weighted by Crippen LogP contribution is 2.29. The molecular formula is C18H25F3N2O2. The number of halogens is 3. The van der Waals surface area contributed by atoms with Crippen LogP contribution >= 0.6 is 0 Å². The fraction of sp³-hybridized carbons (Fsp3) is 0.611. The van der Waals surface area contributed by atoms with Gasteiger partial charge in [-0.3, -0.25) is 4.90 Å². The molecule has 2 rings (SSSR count). The van der Waals surface area contributed by atoms with Gasteiger partial charge in [0.1, 0.15) is 0 Å². The molecule has 0 aliphatic carbocycles. The first-order chi connectivity index (χ1) is 11.8. The molecule has 1 amide bonds. The summed E-state index contributed by atoms with van der Waals surface area (Å²) in [5.74, 6) is 0.285. The molecule has 7 heteroatoms. The molecule has 0 atom stereocenters. The fourth-order valence-electron chi connectivity index (χ4n) is 2.75. The zero-order valence-corrected chi connectivity index (χ0v) is 14.7. The van der Waals surface area contributed by atoms with Crippen molar-refractivity contribution in [2.45, 2.75) is 33.0 Å². The van der Waals surface area contributed by atoms with E-state index in [2.05, 4.69) is 4.90 Å². The summed E-state index contributed by atoms with van der Waals surface area (Å²) in [5.41, 5.74) is 0.00405. The van der Waals surface area contributed by atoms with Gasteiger partial charge in [-0.05, 0) is 24.0 Å². The van der Waals surface area contributed by atoms with E-state index < -0.39 is 11.7 Å². The monoisotopic (exact) mass is 358 g/mol. The van der Waals surface area contributed by atoms with Crippen LogP contribution in [0.1, 0.15) is 31.4 Å². The maximum atomic E-state index is 12.8. The molecule has 140 valence electrons. The molecule has 0 bridgehead atoms. The largest absolute Gasteiger partial charge is 0.449 e. The summed E-state index contributed by atoms with van der Waals surface area (Å²) in [5, 5.41) is 0. The molecule has 1 aliphatic rings. The molecular weight excluding hydrogens is 333 g/mol. The molecule has 0 radical (unpaired) electrons. The lowest BCUT2D eigenvalue weighted by Crippen LogP contribution is -2.36. The van der Waals surface area contributed by atoms with Gasteiger partial charge >= 0.3 is 12.3 Å². The van der Waals surface area contributed by atoms with E-state index in [9.17, 15) is 18.0 Å². The van der Waals surface area contributed by atoms with Gasteiger partial charge in [0.15, 0.2) is 0 Å². The summed E-state index contributed by atoms with van der Waals surface area (Å²) in [7, 11) is 0. The predicted molar refractivity (Wildman–Crippen MR) is 89.1 cm³/mol. The second-order valence-electron chi connectivity index (χ2n) is 6.79. The Kier molecular flexibility index (Phi) is 6.70. The maximum absolute atomic E-state index is 12.8. The van der Waals surface area contributed by atoms with Crippen LogP contribution in [0.25, 0.3) is 0 Å². The number of hydrogen-bond acceptors (Lipinski definition) is 3. The van der Waals surface area contributed by atoms with Crippen molar-refractivity contribution < 1.29 is 22.7 Å². The number of rotatable bonds is 4. The number of amides is 1. The fourth-order valence-corrected chi connectivity index (χ4v) is 2.75. The van der Waals surface area contributed by atoms with E-state index in [0.717, 1.165) is 19.0 Å². The van der Waals surface area contributed by atoms with Crippen LogP contribution < -0.4 is 0 Å². The summed E-state index contributed by atoms with van der Waals surface area (Å²) in [6, 6.07) is 5.41. The molecule has 0 spiro atoms. The number of ether oxygens (including phenoxy) is 1. The van der Waals surface area contributed by atoms with E-state index >= 15 is 0 Å². The van der Waals surface area contributed by atoms with E-state index in [0.29, 0.717) is 38.3 Å². The van der Waals surface area contributed by atoms with Gasteiger partial charge in [-0.1, -0.05) is 32.0 Å². The third kappa shape index (κ3) is 6.23. The smallest absolute Gasteiger partial charge is 0.416 e. The second-order valence-corrected chi connectivity index (χ2v) is 6.79. The van der Waals surface area contributed by atoms with Crippen LogP contribution in [0.4, 0.5) is 18.0 Å². The SMILES string of the molecule is CC(C)COC(=O)N1CCCN(Cc2cccc(C(F)(F)F)c2)CC1. The van der Waals surface area contributed by atoms with Crippen molar-refractivity contribution in [2.24, 2.45) is 5.92 Å². The molecule has 1 heterocycles. The molecule has 0 N–H and O–H groups in total. The molecule has 0 saturated carbocycles. The van der Waals surface area contributed by atoms with Crippen molar-refractivity contribution >= 4 is 6.09 Å². The van der Waals surface area contributed by atoms with Crippen molar-refractivity contribution in [3.63, 3.8) is 0 Å². The molecule has 0 unspecified atom stereocenters. The molecule has 1 aromatic rings. The summed E-state index contributed by atoms with van der Waals surface area (Å²) in [4.78, 5) is 15.8. The van der Waals surface area contributed by atoms with E-state index in [1.165, 1.54) is 12.1 Å². The van der Waals surface area contributed by atoms with Gasteiger partial charge in [0.25, 0.3) is 0 Å². The quantitative estimate of drug-likeness (QED) is 0.815. The minimum Gasteiger partial charge on any atom is -0.449 e. The highest BCUT2D eigenvalue weighted by Gasteiger charge is 2.30. The number of nitrogens with zero attached hydrogens (tertiary/aromatic N) is 2. The van der Waals surface area contributed by atoms with Gasteiger partial charge in [-0.25, -0.2) is 4.79 Å². The molecule has 4 nitrogen and oxygen atoms in total. The van der Waals surface area contributed by atoms with Gasteiger partial charge < -0.3 is 9.64 Å². The van der Waals surface area contributed by atoms with Crippen molar-refractivity contribution in [1.29, 1.82) is 0 Å². The van der Waals surface area contributed by atoms with Crippen molar-refractivity contribution in [2.75, 3.05) is 32.8 Å². The summed E-state index contributed by atoms with van der Waals surface area (Å²) in [6.45, 7) is 7.28. The van der Waals surface area contributed by atoms with E-state index in [1.807, 2.05) is 13.8 Å². The Morgan fingerprint density at radius 1 is 1.20 bits per heavy atom. The normalized spacial score (nSPS) is 16.8. The molecule has 0 aromatic heterocycles. The summed E-state index contributed by atoms with van der Waals surface area (Å²) >= 11 is 0. The highest BCUT2D eigenvalue weighted by atomic mass is 19.4. The van der Waals surface area contributed by atoms with Gasteiger partial charge in [-0.15, -0.1) is 0 Å². The predicted octanol–water partition coefficient (Wildman–Crippen LogP) is 4.01. The van der Waals surface area contributed by atoms with Crippen LogP contribution in [0.5, 0.6) is 0 Å². The Hall–Kier alpha value is -1.76. The van der Waals surface area contributed by atoms with Crippen LogP contribution in [0.3, 0.4) is 0 Å². The number of hydrogen-bond donors (Lipinski definition) is 0. The summed E-state index contributed by atoms with van der Waals surface area (Å²) < 4.78 is 43.7. The molecule has 1 aromatic carbocycles. The lowest BCUT2D eigenvalue weighted by Gasteiger charge is -2.22. The Morgan fingerprint density at radius 3 is 2.64 bits per heavy atom. The zero-order chi connectivity index (χ0) is 18.4. The van der Waals surface area contributed by atoms with Crippen molar-refractivity contribution in [1.82, 2.24) is 9.80 Å². The molecule has 25 heavy (non-hydrogen) atoms. The third-order valence-electron chi connectivity index (χ3n) is 4.05. The molecule has 1 fully saturated rings. The third-order valence-corrected chi connectivity index (χ3v) is 4.05.